The fourth-order valence-corrected chi connectivity index (χ4v) is 4.15. The molecule has 0 fully saturated rings. The zero-order valence-corrected chi connectivity index (χ0v) is 20.0. The molecular weight excluding hydrogens is 460 g/mol. The fourth-order valence-electron chi connectivity index (χ4n) is 4.15. The van der Waals surface area contributed by atoms with Crippen LogP contribution in [-0.4, -0.2) is 53.8 Å². The van der Waals surface area contributed by atoms with Crippen molar-refractivity contribution >= 4 is 17.7 Å². The van der Waals surface area contributed by atoms with Gasteiger partial charge in [-0.1, -0.05) is 0 Å². The van der Waals surface area contributed by atoms with Crippen LogP contribution in [0.15, 0.2) is 35.9 Å². The first kappa shape index (κ1) is 24.1. The van der Waals surface area contributed by atoms with E-state index >= 15 is 0 Å². The number of hydrogen-bond donors (Lipinski definition) is 0. The summed E-state index contributed by atoms with van der Waals surface area (Å²) in [5.41, 5.74) is 1.43. The fraction of sp³-hybridized carbons (Fsp3) is 0.360. The van der Waals surface area contributed by atoms with Gasteiger partial charge in [0.15, 0.2) is 23.0 Å². The summed E-state index contributed by atoms with van der Waals surface area (Å²) in [6, 6.07) is 8.67. The molecule has 0 spiro atoms. The smallest absolute Gasteiger partial charge is 0.338 e. The molecular formula is C25H26O10. The van der Waals surface area contributed by atoms with E-state index in [0.717, 1.165) is 0 Å². The Morgan fingerprint density at radius 2 is 1.63 bits per heavy atom. The van der Waals surface area contributed by atoms with Crippen LogP contribution >= 0.6 is 0 Å². The summed E-state index contributed by atoms with van der Waals surface area (Å²) >= 11 is 0. The van der Waals surface area contributed by atoms with Crippen molar-refractivity contribution in [3.63, 3.8) is 0 Å². The minimum Gasteiger partial charge on any atom is -0.493 e. The highest BCUT2D eigenvalue weighted by atomic mass is 16.7. The lowest BCUT2D eigenvalue weighted by molar-refractivity contribution is -0.144. The largest absolute Gasteiger partial charge is 0.493 e. The van der Waals surface area contributed by atoms with Crippen LogP contribution in [0.25, 0.3) is 5.76 Å². The molecule has 0 N–H and O–H groups in total. The Balaban J connectivity index is 1.84. The number of benzene rings is 2. The van der Waals surface area contributed by atoms with Crippen LogP contribution in [0.1, 0.15) is 24.2 Å². The van der Waals surface area contributed by atoms with E-state index in [-0.39, 0.29) is 24.7 Å². The first-order valence-electron chi connectivity index (χ1n) is 10.7. The number of fused-ring (bicyclic) bond motifs is 1. The van der Waals surface area contributed by atoms with E-state index in [4.69, 9.17) is 37.9 Å². The van der Waals surface area contributed by atoms with E-state index < -0.39 is 24.0 Å². The van der Waals surface area contributed by atoms with Crippen molar-refractivity contribution in [3.05, 3.63) is 47.0 Å². The average Bonchev–Trinajstić information content (AvgIpc) is 3.50. The third-order valence-corrected chi connectivity index (χ3v) is 5.75. The lowest BCUT2D eigenvalue weighted by Crippen LogP contribution is -2.23. The molecule has 10 nitrogen and oxygen atoms in total. The van der Waals surface area contributed by atoms with Crippen LogP contribution in [-0.2, 0) is 23.8 Å². The van der Waals surface area contributed by atoms with Gasteiger partial charge < -0.3 is 37.9 Å². The van der Waals surface area contributed by atoms with Crippen molar-refractivity contribution < 1.29 is 47.5 Å². The van der Waals surface area contributed by atoms with Gasteiger partial charge >= 0.3 is 11.9 Å². The Labute approximate surface area is 202 Å². The topological polar surface area (TPSA) is 108 Å². The van der Waals surface area contributed by atoms with E-state index in [2.05, 4.69) is 0 Å². The van der Waals surface area contributed by atoms with Crippen molar-refractivity contribution in [2.45, 2.75) is 13.0 Å². The molecule has 0 unspecified atom stereocenters. The number of methoxy groups -OCH3 is 4. The van der Waals surface area contributed by atoms with E-state index in [9.17, 15) is 9.59 Å². The molecule has 0 bridgehead atoms. The number of carbonyl (C=O) groups excluding carboxylic acids is 2. The maximum absolute atomic E-state index is 13.0. The van der Waals surface area contributed by atoms with Crippen LogP contribution in [0.4, 0.5) is 0 Å². The lowest BCUT2D eigenvalue weighted by Gasteiger charge is -2.23. The van der Waals surface area contributed by atoms with Crippen LogP contribution in [0, 0.1) is 5.92 Å². The number of esters is 2. The van der Waals surface area contributed by atoms with Crippen LogP contribution in [0.3, 0.4) is 0 Å². The van der Waals surface area contributed by atoms with Crippen molar-refractivity contribution in [2.24, 2.45) is 5.92 Å². The first-order valence-corrected chi connectivity index (χ1v) is 10.7. The third kappa shape index (κ3) is 4.51. The number of ether oxygens (including phenoxy) is 8. The van der Waals surface area contributed by atoms with Crippen molar-refractivity contribution in [1.82, 2.24) is 0 Å². The molecule has 0 aliphatic carbocycles. The van der Waals surface area contributed by atoms with Crippen molar-refractivity contribution in [3.8, 4) is 28.7 Å². The molecule has 2 aliphatic rings. The molecule has 0 saturated heterocycles. The second-order valence-corrected chi connectivity index (χ2v) is 7.71. The summed E-state index contributed by atoms with van der Waals surface area (Å²) in [7, 11) is 5.79. The molecule has 2 atom stereocenters. The zero-order valence-electron chi connectivity index (χ0n) is 20.0. The summed E-state index contributed by atoms with van der Waals surface area (Å²) in [5.74, 6) is 0.839. The Bertz CT molecular complexity index is 1140. The maximum atomic E-state index is 13.0. The van der Waals surface area contributed by atoms with Crippen LogP contribution in [0.5, 0.6) is 28.7 Å². The van der Waals surface area contributed by atoms with Gasteiger partial charge in [0.2, 0.25) is 12.5 Å². The van der Waals surface area contributed by atoms with E-state index in [1.165, 1.54) is 35.4 Å². The predicted molar refractivity (Wildman–Crippen MR) is 122 cm³/mol. The molecule has 186 valence electrons. The summed E-state index contributed by atoms with van der Waals surface area (Å²) in [6.45, 7) is 1.28. The molecule has 2 aromatic carbocycles. The number of carbonyl (C=O) groups is 2. The van der Waals surface area contributed by atoms with Crippen LogP contribution < -0.4 is 23.7 Å². The SMILES string of the molecule is COC(=O)C1=C(c2ccc3c(c2)OCO3)O[C@H](c2cc(OC)c(OC)c(OC)c2)[C@H]1COC(C)=O. The highest BCUT2D eigenvalue weighted by molar-refractivity contribution is 5.98. The van der Waals surface area contributed by atoms with E-state index in [1.807, 2.05) is 0 Å². The molecule has 0 aromatic heterocycles. The standard InChI is InChI=1S/C25H26O10/c1-13(26)32-11-16-21(25(27)31-5)23(14-6-7-17-18(8-14)34-12-33-17)35-22(16)15-9-19(28-2)24(30-4)20(10-15)29-3/h6-10,16,22H,11-12H2,1-5H3/t16-,22+/m0/s1. The summed E-state index contributed by atoms with van der Waals surface area (Å²) < 4.78 is 44.1. The molecule has 10 heteroatoms. The van der Waals surface area contributed by atoms with Gasteiger partial charge in [0.05, 0.1) is 39.9 Å². The first-order chi connectivity index (χ1) is 16.9. The number of hydrogen-bond acceptors (Lipinski definition) is 10. The molecule has 0 radical (unpaired) electrons. The van der Waals surface area contributed by atoms with Gasteiger partial charge in [-0.3, -0.25) is 4.79 Å². The molecule has 2 aliphatic heterocycles. The van der Waals surface area contributed by atoms with Gasteiger partial charge in [-0.2, -0.15) is 0 Å². The maximum Gasteiger partial charge on any atom is 0.338 e. The highest BCUT2D eigenvalue weighted by Gasteiger charge is 2.44. The Hall–Kier alpha value is -4.08. The summed E-state index contributed by atoms with van der Waals surface area (Å²) in [4.78, 5) is 24.7. The minimum atomic E-state index is -0.738. The van der Waals surface area contributed by atoms with Gasteiger partial charge in [-0.05, 0) is 30.3 Å². The van der Waals surface area contributed by atoms with E-state index in [0.29, 0.717) is 39.9 Å². The monoisotopic (exact) mass is 486 g/mol. The Kier molecular flexibility index (Phi) is 6.90. The lowest BCUT2D eigenvalue weighted by atomic mass is 9.89. The van der Waals surface area contributed by atoms with Gasteiger partial charge in [-0.25, -0.2) is 4.79 Å². The number of rotatable bonds is 8. The van der Waals surface area contributed by atoms with Gasteiger partial charge in [-0.15, -0.1) is 0 Å². The second-order valence-electron chi connectivity index (χ2n) is 7.71. The third-order valence-electron chi connectivity index (χ3n) is 5.75. The van der Waals surface area contributed by atoms with E-state index in [1.54, 1.807) is 30.3 Å². The minimum absolute atomic E-state index is 0.103. The van der Waals surface area contributed by atoms with Crippen LogP contribution in [0.2, 0.25) is 0 Å². The van der Waals surface area contributed by atoms with Crippen molar-refractivity contribution in [2.75, 3.05) is 41.8 Å². The molecule has 2 aromatic rings. The normalized spacial score (nSPS) is 18.1. The van der Waals surface area contributed by atoms with Gasteiger partial charge in [0.1, 0.15) is 18.5 Å². The quantitative estimate of drug-likeness (QED) is 0.516. The summed E-state index contributed by atoms with van der Waals surface area (Å²) in [6.07, 6.45) is -0.738. The second kappa shape index (κ2) is 10.0. The van der Waals surface area contributed by atoms with Gasteiger partial charge in [0.25, 0.3) is 0 Å². The predicted octanol–water partition coefficient (Wildman–Crippen LogP) is 3.28. The molecule has 35 heavy (non-hydrogen) atoms. The molecule has 0 amide bonds. The molecule has 4 rings (SSSR count). The Morgan fingerprint density at radius 1 is 0.943 bits per heavy atom. The van der Waals surface area contributed by atoms with Gasteiger partial charge in [0, 0.05) is 18.1 Å². The van der Waals surface area contributed by atoms with Crippen molar-refractivity contribution in [1.29, 1.82) is 0 Å². The summed E-state index contributed by atoms with van der Waals surface area (Å²) in [5, 5.41) is 0. The molecule has 0 saturated carbocycles. The Morgan fingerprint density at radius 3 is 2.23 bits per heavy atom. The average molecular weight is 486 g/mol. The molecule has 2 heterocycles. The highest BCUT2D eigenvalue weighted by Crippen LogP contribution is 2.50. The zero-order chi connectivity index (χ0) is 25.1.